The Morgan fingerprint density at radius 3 is 1.38 bits per heavy atom. The van der Waals surface area contributed by atoms with E-state index in [4.69, 9.17) is 23.7 Å². The fraction of sp³-hybridized carbons (Fsp3) is 0.770. The van der Waals surface area contributed by atoms with Crippen LogP contribution in [0.5, 0.6) is 0 Å². The summed E-state index contributed by atoms with van der Waals surface area (Å²) in [6, 6.07) is 0. The Hall–Kier alpha value is -3.58. The van der Waals surface area contributed by atoms with E-state index in [1.165, 1.54) is 96.3 Å². The van der Waals surface area contributed by atoms with Gasteiger partial charge in [-0.2, -0.15) is 0 Å². The van der Waals surface area contributed by atoms with Gasteiger partial charge in [-0.15, -0.1) is 0 Å². The number of hydrogen-bond donors (Lipinski definition) is 3. The number of carbonyl (C=O) groups excluding carboxylic acids is 3. The molecule has 1 rings (SSSR count). The average molecular weight is 1030 g/mol. The summed E-state index contributed by atoms with van der Waals surface area (Å²) in [6.07, 6.45) is 47.8. The second kappa shape index (κ2) is 49.3. The number of unbranched alkanes of at least 4 members (excludes halogenated alkanes) is 25. The van der Waals surface area contributed by atoms with Crippen LogP contribution >= 0.6 is 0 Å². The van der Waals surface area contributed by atoms with E-state index >= 15 is 0 Å². The maximum absolute atomic E-state index is 13.1. The van der Waals surface area contributed by atoms with Gasteiger partial charge in [0.2, 0.25) is 0 Å². The molecule has 0 aromatic carbocycles. The molecule has 0 aromatic rings. The Morgan fingerprint density at radius 1 is 0.466 bits per heavy atom. The van der Waals surface area contributed by atoms with E-state index < -0.39 is 67.3 Å². The second-order valence-corrected chi connectivity index (χ2v) is 19.9. The Bertz CT molecular complexity index is 1500. The molecule has 6 atom stereocenters. The molecule has 0 radical (unpaired) electrons. The molecule has 0 amide bonds. The fourth-order valence-electron chi connectivity index (χ4n) is 8.53. The summed E-state index contributed by atoms with van der Waals surface area (Å²) >= 11 is 0. The summed E-state index contributed by atoms with van der Waals surface area (Å²) in [5.74, 6) is -3.17. The zero-order valence-electron chi connectivity index (χ0n) is 46.1. The molecule has 0 saturated carbocycles. The van der Waals surface area contributed by atoms with Crippen molar-refractivity contribution in [2.45, 2.75) is 289 Å². The van der Waals surface area contributed by atoms with Crippen molar-refractivity contribution in [2.75, 3.05) is 13.2 Å². The lowest BCUT2D eigenvalue weighted by atomic mass is 9.98. The van der Waals surface area contributed by atoms with Gasteiger partial charge in [-0.05, 0) is 96.3 Å². The minimum atomic E-state index is -1.91. The first-order chi connectivity index (χ1) is 35.6. The van der Waals surface area contributed by atoms with Crippen LogP contribution in [-0.2, 0) is 42.9 Å². The van der Waals surface area contributed by atoms with Gasteiger partial charge in [0.05, 0.1) is 6.61 Å². The predicted molar refractivity (Wildman–Crippen MR) is 294 cm³/mol. The quantitative estimate of drug-likeness (QED) is 0.0228. The van der Waals surface area contributed by atoms with Crippen LogP contribution in [0, 0.1) is 0 Å². The van der Waals surface area contributed by atoms with Gasteiger partial charge in [0.1, 0.15) is 18.8 Å². The Balaban J connectivity index is 2.68. The number of allylic oxidation sites excluding steroid dienone is 10. The highest BCUT2D eigenvalue weighted by atomic mass is 16.7. The van der Waals surface area contributed by atoms with Crippen molar-refractivity contribution in [3.05, 3.63) is 60.8 Å². The van der Waals surface area contributed by atoms with Gasteiger partial charge in [-0.1, -0.05) is 197 Å². The largest absolute Gasteiger partial charge is 0.479 e. The van der Waals surface area contributed by atoms with Gasteiger partial charge in [0, 0.05) is 19.3 Å². The molecule has 0 bridgehead atoms. The number of aliphatic carboxylic acids is 1. The summed E-state index contributed by atoms with van der Waals surface area (Å²) < 4.78 is 28.3. The number of aliphatic hydroxyl groups excluding tert-OH is 2. The zero-order valence-corrected chi connectivity index (χ0v) is 46.1. The Labute approximate surface area is 443 Å². The van der Waals surface area contributed by atoms with Crippen LogP contribution in [0.1, 0.15) is 252 Å². The molecule has 0 aliphatic carbocycles. The second-order valence-electron chi connectivity index (χ2n) is 19.9. The van der Waals surface area contributed by atoms with Gasteiger partial charge >= 0.3 is 23.9 Å². The van der Waals surface area contributed by atoms with Crippen LogP contribution < -0.4 is 0 Å². The smallest absolute Gasteiger partial charge is 0.335 e. The third-order valence-electron chi connectivity index (χ3n) is 13.0. The zero-order chi connectivity index (χ0) is 53.3. The van der Waals surface area contributed by atoms with Crippen LogP contribution in [-0.4, -0.2) is 89.2 Å². The van der Waals surface area contributed by atoms with Crippen LogP contribution in [0.2, 0.25) is 0 Å². The topological polar surface area (TPSA) is 175 Å². The third kappa shape index (κ3) is 39.5. The molecule has 1 saturated heterocycles. The molecule has 12 heteroatoms. The predicted octanol–water partition coefficient (Wildman–Crippen LogP) is 14.8. The standard InChI is InChI=1S/C61H104O12/c1-4-7-10-13-16-19-22-24-25-26-27-28-29-31-33-35-38-41-44-47-53(62)69-50-52(71-54(63)48-45-42-39-37-34-30-23-20-17-14-11-8-5-2)51-70-61-59(57(66)56(65)58(73-61)60(67)68)72-55(64)49-46-43-40-36-32-21-18-15-12-9-6-3/h8,11,15,17-18,20,24-25,30,34,52,56-59,61,65-66H,4-7,9-10,12-14,16,19,21-23,26-29,31-33,35-51H2,1-3H3,(H,67,68)/b11-8-,18-15-,20-17-,25-24-,34-30-. The van der Waals surface area contributed by atoms with Crippen molar-refractivity contribution in [2.24, 2.45) is 0 Å². The lowest BCUT2D eigenvalue weighted by Gasteiger charge is -2.40. The fourth-order valence-corrected chi connectivity index (χ4v) is 8.53. The Kier molecular flexibility index (Phi) is 45.5. The molecule has 73 heavy (non-hydrogen) atoms. The molecule has 0 aromatic heterocycles. The Morgan fingerprint density at radius 2 is 0.877 bits per heavy atom. The first-order valence-electron chi connectivity index (χ1n) is 29.3. The normalized spacial score (nSPS) is 18.7. The monoisotopic (exact) mass is 1030 g/mol. The molecular weight excluding hydrogens is 925 g/mol. The number of rotatable bonds is 49. The van der Waals surface area contributed by atoms with Crippen molar-refractivity contribution in [1.82, 2.24) is 0 Å². The highest BCUT2D eigenvalue weighted by Gasteiger charge is 2.50. The maximum Gasteiger partial charge on any atom is 0.335 e. The minimum Gasteiger partial charge on any atom is -0.479 e. The lowest BCUT2D eigenvalue weighted by Crippen LogP contribution is -2.61. The molecule has 1 heterocycles. The summed E-state index contributed by atoms with van der Waals surface area (Å²) in [4.78, 5) is 51.0. The van der Waals surface area contributed by atoms with E-state index in [0.717, 1.165) is 96.3 Å². The maximum atomic E-state index is 13.1. The van der Waals surface area contributed by atoms with E-state index in [2.05, 4.69) is 81.5 Å². The van der Waals surface area contributed by atoms with Gasteiger partial charge in [0.25, 0.3) is 0 Å². The molecule has 1 aliphatic rings. The number of carboxylic acid groups (broad SMARTS) is 1. The van der Waals surface area contributed by atoms with Gasteiger partial charge in [0.15, 0.2) is 24.6 Å². The highest BCUT2D eigenvalue weighted by molar-refractivity contribution is 5.74. The first kappa shape index (κ1) is 67.4. The van der Waals surface area contributed by atoms with E-state index in [0.29, 0.717) is 19.3 Å². The molecular formula is C61H104O12. The van der Waals surface area contributed by atoms with Crippen molar-refractivity contribution in [3.63, 3.8) is 0 Å². The van der Waals surface area contributed by atoms with Crippen molar-refractivity contribution in [1.29, 1.82) is 0 Å². The molecule has 1 aliphatic heterocycles. The van der Waals surface area contributed by atoms with Crippen LogP contribution in [0.4, 0.5) is 0 Å². The van der Waals surface area contributed by atoms with Crippen LogP contribution in [0.3, 0.4) is 0 Å². The first-order valence-corrected chi connectivity index (χ1v) is 29.3. The van der Waals surface area contributed by atoms with Gasteiger partial charge in [-0.3, -0.25) is 14.4 Å². The summed E-state index contributed by atoms with van der Waals surface area (Å²) in [7, 11) is 0. The number of carbonyl (C=O) groups is 4. The van der Waals surface area contributed by atoms with E-state index in [1.54, 1.807) is 0 Å². The number of hydrogen-bond acceptors (Lipinski definition) is 11. The SMILES string of the molecule is CC/C=C\C/C=C\C/C=C\CCCCCC(=O)OC(COC(=O)CCCCCCCCCCC/C=C\CCCCCCCC)COC1OC(C(=O)O)C(O)C(O)C1OC(=O)CCCCCCC/C=C\CCCC. The van der Waals surface area contributed by atoms with E-state index in [1.807, 2.05) is 0 Å². The van der Waals surface area contributed by atoms with Gasteiger partial charge < -0.3 is 39.0 Å². The van der Waals surface area contributed by atoms with Crippen LogP contribution in [0.15, 0.2) is 60.8 Å². The summed E-state index contributed by atoms with van der Waals surface area (Å²) in [5, 5.41) is 31.4. The lowest BCUT2D eigenvalue weighted by molar-refractivity contribution is -0.301. The molecule has 3 N–H and O–H groups in total. The van der Waals surface area contributed by atoms with E-state index in [-0.39, 0.29) is 25.9 Å². The summed E-state index contributed by atoms with van der Waals surface area (Å²) in [5.41, 5.74) is 0. The van der Waals surface area contributed by atoms with E-state index in [9.17, 15) is 34.5 Å². The molecule has 0 spiro atoms. The van der Waals surface area contributed by atoms with Crippen molar-refractivity contribution < 1.29 is 58.2 Å². The minimum absolute atomic E-state index is 0.0456. The molecule has 1 fully saturated rings. The van der Waals surface area contributed by atoms with Crippen molar-refractivity contribution in [3.8, 4) is 0 Å². The third-order valence-corrected chi connectivity index (χ3v) is 13.0. The van der Waals surface area contributed by atoms with Crippen LogP contribution in [0.25, 0.3) is 0 Å². The molecule has 6 unspecified atom stereocenters. The summed E-state index contributed by atoms with van der Waals surface area (Å²) in [6.45, 7) is 5.80. The molecule has 420 valence electrons. The number of ether oxygens (including phenoxy) is 5. The number of carboxylic acids is 1. The van der Waals surface area contributed by atoms with Crippen molar-refractivity contribution >= 4 is 23.9 Å². The number of aliphatic hydroxyl groups is 2. The van der Waals surface area contributed by atoms with Gasteiger partial charge in [-0.25, -0.2) is 4.79 Å². The highest BCUT2D eigenvalue weighted by Crippen LogP contribution is 2.26. The molecule has 12 nitrogen and oxygen atoms in total. The number of esters is 3. The average Bonchev–Trinajstić information content (AvgIpc) is 3.37.